The fourth-order valence-electron chi connectivity index (χ4n) is 5.13. The van der Waals surface area contributed by atoms with Crippen molar-refractivity contribution < 1.29 is 19.4 Å². The van der Waals surface area contributed by atoms with Gasteiger partial charge in [0.05, 0.1) is 39.1 Å². The van der Waals surface area contributed by atoms with Crippen molar-refractivity contribution in [1.82, 2.24) is 19.8 Å². The van der Waals surface area contributed by atoms with E-state index in [0.717, 1.165) is 16.5 Å². The number of benzene rings is 1. The second-order valence-corrected chi connectivity index (χ2v) is 11.0. The highest BCUT2D eigenvalue weighted by Gasteiger charge is 2.41. The Hall–Kier alpha value is -2.98. The van der Waals surface area contributed by atoms with Gasteiger partial charge in [-0.3, -0.25) is 14.4 Å². The average Bonchev–Trinajstić information content (AvgIpc) is 3.29. The predicted octanol–water partition coefficient (Wildman–Crippen LogP) is 4.02. The molecule has 0 aliphatic carbocycles. The first-order valence-corrected chi connectivity index (χ1v) is 14.1. The molecular formula is C29H34Cl2N4O5. The molecular weight excluding hydrogens is 555 g/mol. The second kappa shape index (κ2) is 11.9. The van der Waals surface area contributed by atoms with Crippen LogP contribution in [0.1, 0.15) is 55.9 Å². The van der Waals surface area contributed by atoms with E-state index in [1.54, 1.807) is 36.6 Å². The summed E-state index contributed by atoms with van der Waals surface area (Å²) in [4.78, 5) is 46.2. The molecule has 0 unspecified atom stereocenters. The van der Waals surface area contributed by atoms with Crippen molar-refractivity contribution in [3.63, 3.8) is 0 Å². The Morgan fingerprint density at radius 1 is 1.15 bits per heavy atom. The van der Waals surface area contributed by atoms with Crippen LogP contribution in [0.15, 0.2) is 23.0 Å². The zero-order valence-electron chi connectivity index (χ0n) is 23.4. The molecule has 1 aliphatic rings. The lowest BCUT2D eigenvalue weighted by molar-refractivity contribution is -0.144. The molecule has 4 rings (SSSR count). The third kappa shape index (κ3) is 5.35. The van der Waals surface area contributed by atoms with E-state index in [1.807, 2.05) is 25.9 Å². The van der Waals surface area contributed by atoms with Crippen LogP contribution in [0.5, 0.6) is 0 Å². The number of aryl methyl sites for hydroxylation is 1. The highest BCUT2D eigenvalue weighted by Crippen LogP contribution is 2.40. The van der Waals surface area contributed by atoms with Crippen LogP contribution < -0.4 is 10.9 Å². The summed E-state index contributed by atoms with van der Waals surface area (Å²) in [5, 5.41) is 16.2. The molecule has 1 amide bonds. The van der Waals surface area contributed by atoms with E-state index >= 15 is 0 Å². The van der Waals surface area contributed by atoms with E-state index in [9.17, 15) is 19.5 Å². The van der Waals surface area contributed by atoms with Gasteiger partial charge in [0, 0.05) is 36.0 Å². The second-order valence-electron chi connectivity index (χ2n) is 10.2. The number of aliphatic hydroxyl groups is 1. The molecule has 11 heteroatoms. The number of fused-ring (bicyclic) bond motifs is 4. The van der Waals surface area contributed by atoms with E-state index in [4.69, 9.17) is 32.9 Å². The van der Waals surface area contributed by atoms with Crippen LogP contribution in [-0.4, -0.2) is 58.6 Å². The van der Waals surface area contributed by atoms with Crippen molar-refractivity contribution in [3.8, 4) is 11.4 Å². The van der Waals surface area contributed by atoms with Gasteiger partial charge in [-0.1, -0.05) is 44.0 Å². The Bertz CT molecular complexity index is 1550. The lowest BCUT2D eigenvalue weighted by atomic mass is 9.86. The van der Waals surface area contributed by atoms with Crippen molar-refractivity contribution in [2.45, 2.75) is 58.8 Å². The molecule has 3 heterocycles. The topological polar surface area (TPSA) is 114 Å². The van der Waals surface area contributed by atoms with E-state index in [1.165, 1.54) is 0 Å². The Balaban J connectivity index is 1.94. The molecule has 0 bridgehead atoms. The molecule has 40 heavy (non-hydrogen) atoms. The number of halogens is 2. The van der Waals surface area contributed by atoms with Crippen LogP contribution in [0.25, 0.3) is 22.3 Å². The summed E-state index contributed by atoms with van der Waals surface area (Å²) in [7, 11) is 3.75. The summed E-state index contributed by atoms with van der Waals surface area (Å²) in [6.45, 7) is 6.07. The van der Waals surface area contributed by atoms with Crippen LogP contribution in [0.2, 0.25) is 10.0 Å². The lowest BCUT2D eigenvalue weighted by Gasteiger charge is -2.29. The fourth-order valence-corrected chi connectivity index (χ4v) is 5.45. The average molecular weight is 590 g/mol. The molecule has 1 aromatic carbocycles. The quantitative estimate of drug-likeness (QED) is 0.269. The van der Waals surface area contributed by atoms with Gasteiger partial charge in [-0.15, -0.1) is 0 Å². The Labute approximate surface area is 243 Å². The number of aromatic nitrogens is 2. The SMILES string of the molecule is CCC(=O)OCc1c([C@@](O)(CC)C(=O)NCCN(C)C)cc2n(c1=O)Cc1c-2nc2cc(Cl)c(Cl)cc2c1CC. The molecule has 214 valence electrons. The zero-order chi connectivity index (χ0) is 29.4. The fraction of sp³-hybridized carbons (Fsp3) is 0.448. The molecule has 2 aromatic heterocycles. The number of carbonyl (C=O) groups is 2. The summed E-state index contributed by atoms with van der Waals surface area (Å²) in [5.74, 6) is -1.13. The first kappa shape index (κ1) is 30.0. The van der Waals surface area contributed by atoms with E-state index in [0.29, 0.717) is 46.5 Å². The minimum Gasteiger partial charge on any atom is -0.461 e. The van der Waals surface area contributed by atoms with Crippen LogP contribution in [-0.2, 0) is 39.5 Å². The van der Waals surface area contributed by atoms with Crippen LogP contribution in [0.3, 0.4) is 0 Å². The summed E-state index contributed by atoms with van der Waals surface area (Å²) in [5.41, 5.74) is 1.16. The molecule has 9 nitrogen and oxygen atoms in total. The first-order valence-electron chi connectivity index (χ1n) is 13.4. The van der Waals surface area contributed by atoms with Crippen molar-refractivity contribution >= 4 is 46.0 Å². The molecule has 1 aliphatic heterocycles. The lowest BCUT2D eigenvalue weighted by Crippen LogP contribution is -2.47. The van der Waals surface area contributed by atoms with Gasteiger partial charge in [-0.2, -0.15) is 0 Å². The minimum atomic E-state index is -2.04. The maximum atomic E-state index is 14.0. The molecule has 0 spiro atoms. The van der Waals surface area contributed by atoms with Gasteiger partial charge in [-0.05, 0) is 50.7 Å². The van der Waals surface area contributed by atoms with Gasteiger partial charge in [0.25, 0.3) is 11.5 Å². The zero-order valence-corrected chi connectivity index (χ0v) is 24.9. The van der Waals surface area contributed by atoms with Crippen molar-refractivity contribution in [1.29, 1.82) is 0 Å². The number of amides is 1. The molecule has 1 atom stereocenters. The highest BCUT2D eigenvalue weighted by molar-refractivity contribution is 6.42. The third-order valence-electron chi connectivity index (χ3n) is 7.40. The Morgan fingerprint density at radius 3 is 2.48 bits per heavy atom. The largest absolute Gasteiger partial charge is 0.461 e. The van der Waals surface area contributed by atoms with Gasteiger partial charge in [0.1, 0.15) is 6.61 Å². The monoisotopic (exact) mass is 588 g/mol. The van der Waals surface area contributed by atoms with Gasteiger partial charge < -0.3 is 24.6 Å². The van der Waals surface area contributed by atoms with Gasteiger partial charge in [0.2, 0.25) is 0 Å². The number of likely N-dealkylation sites (N-methyl/N-ethyl adjacent to an activating group) is 1. The maximum absolute atomic E-state index is 14.0. The van der Waals surface area contributed by atoms with E-state index in [2.05, 4.69) is 5.32 Å². The predicted molar refractivity (Wildman–Crippen MR) is 156 cm³/mol. The number of hydrogen-bond donors (Lipinski definition) is 2. The number of pyridine rings is 2. The minimum absolute atomic E-state index is 0.00919. The van der Waals surface area contributed by atoms with Gasteiger partial charge >= 0.3 is 5.97 Å². The number of nitrogens with zero attached hydrogens (tertiary/aromatic N) is 3. The summed E-state index contributed by atoms with van der Waals surface area (Å²) in [6, 6.07) is 5.11. The van der Waals surface area contributed by atoms with Crippen LogP contribution >= 0.6 is 23.2 Å². The molecule has 0 saturated carbocycles. The Morgan fingerprint density at radius 2 is 1.85 bits per heavy atom. The van der Waals surface area contributed by atoms with Crippen LogP contribution in [0.4, 0.5) is 0 Å². The van der Waals surface area contributed by atoms with Gasteiger partial charge in [0.15, 0.2) is 5.60 Å². The molecule has 0 radical (unpaired) electrons. The molecule has 2 N–H and O–H groups in total. The molecule has 3 aromatic rings. The van der Waals surface area contributed by atoms with E-state index in [-0.39, 0.29) is 37.1 Å². The van der Waals surface area contributed by atoms with Crippen molar-refractivity contribution in [3.05, 3.63) is 60.9 Å². The normalized spacial score (nSPS) is 13.7. The number of ether oxygens (including phenoxy) is 1. The number of nitrogens with one attached hydrogen (secondary N) is 1. The number of esters is 1. The van der Waals surface area contributed by atoms with Crippen LogP contribution in [0, 0.1) is 0 Å². The smallest absolute Gasteiger partial charge is 0.305 e. The first-order chi connectivity index (χ1) is 19.0. The summed E-state index contributed by atoms with van der Waals surface area (Å²) < 4.78 is 6.91. The summed E-state index contributed by atoms with van der Waals surface area (Å²) >= 11 is 12.6. The third-order valence-corrected chi connectivity index (χ3v) is 8.12. The maximum Gasteiger partial charge on any atom is 0.305 e. The standard InChI is InChI=1S/C29H34Cl2N4O5/c1-6-16-17-11-21(30)22(31)13-23(17)33-26-18(16)14-35-24(26)12-20(19(27(35)37)15-40-25(36)7-2)29(39,8-3)28(38)32-9-10-34(4)5/h11-13,39H,6-10,14-15H2,1-5H3,(H,32,38)/t29-/m0/s1. The Kier molecular flexibility index (Phi) is 8.89. The number of hydrogen-bond acceptors (Lipinski definition) is 7. The highest BCUT2D eigenvalue weighted by atomic mass is 35.5. The molecule has 0 saturated heterocycles. The number of carbonyl (C=O) groups excluding carboxylic acids is 2. The van der Waals surface area contributed by atoms with Crippen molar-refractivity contribution in [2.24, 2.45) is 0 Å². The molecule has 0 fully saturated rings. The number of rotatable bonds is 10. The van der Waals surface area contributed by atoms with E-state index < -0.39 is 23.0 Å². The summed E-state index contributed by atoms with van der Waals surface area (Å²) in [6.07, 6.45) is 0.769. The van der Waals surface area contributed by atoms with Crippen molar-refractivity contribution in [2.75, 3.05) is 27.2 Å². The van der Waals surface area contributed by atoms with Gasteiger partial charge in [-0.25, -0.2) is 4.98 Å².